The number of ether oxygens (including phenoxy) is 1. The number of nitrogens with one attached hydrogen (secondary N) is 2. The molecule has 2 aliphatic heterocycles. The molecule has 0 unspecified atom stereocenters. The summed E-state index contributed by atoms with van der Waals surface area (Å²) in [4.78, 5) is 25.8. The number of amides is 1. The van der Waals surface area contributed by atoms with Gasteiger partial charge in [0, 0.05) is 24.9 Å². The van der Waals surface area contributed by atoms with Gasteiger partial charge in [-0.3, -0.25) is 9.78 Å². The Hall–Kier alpha value is -2.41. The number of aromatic nitrogens is 3. The van der Waals surface area contributed by atoms with Crippen molar-refractivity contribution in [2.75, 3.05) is 19.6 Å². The monoisotopic (exact) mass is 299 g/mol. The minimum atomic E-state index is -0.339. The molecule has 2 aliphatic rings. The Labute approximate surface area is 127 Å². The molecule has 4 heterocycles. The number of likely N-dealkylation sites (tertiary alicyclic amines) is 1. The maximum absolute atomic E-state index is 12.6. The first-order valence-electron chi connectivity index (χ1n) is 7.42. The average molecular weight is 299 g/mol. The van der Waals surface area contributed by atoms with Gasteiger partial charge >= 0.3 is 0 Å². The molecule has 0 radical (unpaired) electrons. The number of carbonyl (C=O) groups excluding carboxylic acids is 1. The Morgan fingerprint density at radius 1 is 1.41 bits per heavy atom. The van der Waals surface area contributed by atoms with Crippen molar-refractivity contribution in [3.05, 3.63) is 42.2 Å². The smallest absolute Gasteiger partial charge is 0.246 e. The number of nitrogens with zero attached hydrogens (tertiary/aromatic N) is 3. The lowest BCUT2D eigenvalue weighted by atomic mass is 10.0. The first kappa shape index (κ1) is 13.3. The number of hydrogen-bond donors (Lipinski definition) is 2. The highest BCUT2D eigenvalue weighted by molar-refractivity contribution is 5.84. The van der Waals surface area contributed by atoms with Crippen LogP contribution < -0.4 is 10.1 Å². The highest BCUT2D eigenvalue weighted by Gasteiger charge is 2.38. The molecule has 2 N–H and O–H groups in total. The van der Waals surface area contributed by atoms with Crippen LogP contribution in [-0.4, -0.2) is 51.5 Å². The highest BCUT2D eigenvalue weighted by Crippen LogP contribution is 2.25. The van der Waals surface area contributed by atoms with E-state index in [1.54, 1.807) is 18.7 Å². The topological polar surface area (TPSA) is 83.1 Å². The molecule has 0 spiro atoms. The quantitative estimate of drug-likeness (QED) is 0.850. The number of rotatable bonds is 3. The van der Waals surface area contributed by atoms with E-state index >= 15 is 0 Å². The molecule has 114 valence electrons. The number of hydrogen-bond acceptors (Lipinski definition) is 5. The van der Waals surface area contributed by atoms with Crippen LogP contribution in [0.2, 0.25) is 0 Å². The summed E-state index contributed by atoms with van der Waals surface area (Å²) in [6.07, 6.45) is 5.97. The Morgan fingerprint density at radius 3 is 3.14 bits per heavy atom. The van der Waals surface area contributed by atoms with Crippen LogP contribution in [0.1, 0.15) is 17.4 Å². The lowest BCUT2D eigenvalue weighted by Crippen LogP contribution is -2.59. The molecule has 4 rings (SSSR count). The fourth-order valence-electron chi connectivity index (χ4n) is 2.91. The maximum Gasteiger partial charge on any atom is 0.246 e. The molecule has 0 aliphatic carbocycles. The largest absolute Gasteiger partial charge is 0.485 e. The second-order valence-corrected chi connectivity index (χ2v) is 5.58. The van der Waals surface area contributed by atoms with Crippen LogP contribution in [0.4, 0.5) is 0 Å². The minimum absolute atomic E-state index is 0.0374. The van der Waals surface area contributed by atoms with Crippen molar-refractivity contribution in [1.29, 1.82) is 0 Å². The zero-order valence-electron chi connectivity index (χ0n) is 12.0. The van der Waals surface area contributed by atoms with Crippen molar-refractivity contribution < 1.29 is 9.53 Å². The fraction of sp³-hybridized carbons (Fsp3) is 0.400. The summed E-state index contributed by atoms with van der Waals surface area (Å²) in [5, 5.41) is 3.25. The van der Waals surface area contributed by atoms with Crippen molar-refractivity contribution in [3.8, 4) is 5.75 Å². The highest BCUT2D eigenvalue weighted by atomic mass is 16.5. The van der Waals surface area contributed by atoms with Gasteiger partial charge in [0.25, 0.3) is 0 Å². The summed E-state index contributed by atoms with van der Waals surface area (Å²) in [6.45, 7) is 1.99. The van der Waals surface area contributed by atoms with E-state index < -0.39 is 0 Å². The van der Waals surface area contributed by atoms with Crippen molar-refractivity contribution in [2.24, 2.45) is 0 Å². The Kier molecular flexibility index (Phi) is 3.27. The third-order valence-electron chi connectivity index (χ3n) is 4.09. The first-order chi connectivity index (χ1) is 10.8. The molecule has 22 heavy (non-hydrogen) atoms. The molecule has 2 aromatic heterocycles. The van der Waals surface area contributed by atoms with Crippen molar-refractivity contribution in [1.82, 2.24) is 25.2 Å². The maximum atomic E-state index is 12.6. The summed E-state index contributed by atoms with van der Waals surface area (Å²) in [5.74, 6) is 0.809. The SMILES string of the molecule is O=C([C@@H]1NCCc2[nH]cnc21)N1CC(Oc2cccnc2)C1. The van der Waals surface area contributed by atoms with Crippen LogP contribution in [0.5, 0.6) is 5.75 Å². The fourth-order valence-corrected chi connectivity index (χ4v) is 2.91. The van der Waals surface area contributed by atoms with Gasteiger partial charge in [0.05, 0.1) is 31.3 Å². The molecule has 1 amide bonds. The lowest BCUT2D eigenvalue weighted by Gasteiger charge is -2.41. The average Bonchev–Trinajstić information content (AvgIpc) is 2.99. The van der Waals surface area contributed by atoms with Gasteiger partial charge < -0.3 is 19.9 Å². The third kappa shape index (κ3) is 2.33. The molecule has 0 aromatic carbocycles. The normalized spacial score (nSPS) is 21.1. The second-order valence-electron chi connectivity index (χ2n) is 5.58. The zero-order valence-corrected chi connectivity index (χ0v) is 12.0. The van der Waals surface area contributed by atoms with Gasteiger partial charge in [-0.1, -0.05) is 0 Å². The Bertz CT molecular complexity index is 666. The Balaban J connectivity index is 1.37. The number of pyridine rings is 1. The standard InChI is InChI=1S/C15H17N5O2/c21-15(14-13-12(3-5-17-14)18-9-19-13)20-7-11(8-20)22-10-2-1-4-16-6-10/h1-2,4,6,9,11,14,17H,3,5,7-8H2,(H,18,19)/t14-/m1/s1. The molecular formula is C15H17N5O2. The number of imidazole rings is 1. The van der Waals surface area contributed by atoms with Crippen LogP contribution in [0.3, 0.4) is 0 Å². The lowest BCUT2D eigenvalue weighted by molar-refractivity contribution is -0.142. The van der Waals surface area contributed by atoms with Gasteiger partial charge in [-0.2, -0.15) is 0 Å². The van der Waals surface area contributed by atoms with Gasteiger partial charge in [-0.15, -0.1) is 0 Å². The Morgan fingerprint density at radius 2 is 2.32 bits per heavy atom. The van der Waals surface area contributed by atoms with E-state index in [0.717, 1.165) is 30.1 Å². The minimum Gasteiger partial charge on any atom is -0.485 e. The van der Waals surface area contributed by atoms with Crippen molar-refractivity contribution in [3.63, 3.8) is 0 Å². The summed E-state index contributed by atoms with van der Waals surface area (Å²) in [7, 11) is 0. The molecule has 1 fully saturated rings. The van der Waals surface area contributed by atoms with E-state index in [4.69, 9.17) is 4.74 Å². The molecule has 7 heteroatoms. The molecular weight excluding hydrogens is 282 g/mol. The summed E-state index contributed by atoms with van der Waals surface area (Å²) < 4.78 is 5.77. The van der Waals surface area contributed by atoms with E-state index in [0.29, 0.717) is 13.1 Å². The molecule has 0 bridgehead atoms. The van der Waals surface area contributed by atoms with Gasteiger partial charge in [0.15, 0.2) is 0 Å². The van der Waals surface area contributed by atoms with Crippen LogP contribution in [0, 0.1) is 0 Å². The van der Waals surface area contributed by atoms with Gasteiger partial charge in [-0.25, -0.2) is 4.98 Å². The van der Waals surface area contributed by atoms with E-state index in [9.17, 15) is 4.79 Å². The van der Waals surface area contributed by atoms with E-state index in [1.807, 2.05) is 17.0 Å². The number of aromatic amines is 1. The third-order valence-corrected chi connectivity index (χ3v) is 4.09. The van der Waals surface area contributed by atoms with Crippen molar-refractivity contribution >= 4 is 5.91 Å². The van der Waals surface area contributed by atoms with Gasteiger partial charge in [0.1, 0.15) is 17.9 Å². The number of H-pyrrole nitrogens is 1. The van der Waals surface area contributed by atoms with E-state index in [1.165, 1.54) is 0 Å². The number of fused-ring (bicyclic) bond motifs is 1. The van der Waals surface area contributed by atoms with Crippen LogP contribution in [-0.2, 0) is 11.2 Å². The van der Waals surface area contributed by atoms with Crippen molar-refractivity contribution in [2.45, 2.75) is 18.6 Å². The first-order valence-corrected chi connectivity index (χ1v) is 7.42. The summed E-state index contributed by atoms with van der Waals surface area (Å²) in [5.41, 5.74) is 1.88. The molecule has 1 atom stereocenters. The molecule has 7 nitrogen and oxygen atoms in total. The van der Waals surface area contributed by atoms with Gasteiger partial charge in [0.2, 0.25) is 5.91 Å². The predicted octanol–water partition coefficient (Wildman–Crippen LogP) is 0.281. The van der Waals surface area contributed by atoms with Crippen LogP contribution >= 0.6 is 0 Å². The number of carbonyl (C=O) groups is 1. The predicted molar refractivity (Wildman–Crippen MR) is 78.3 cm³/mol. The van der Waals surface area contributed by atoms with E-state index in [2.05, 4.69) is 20.3 Å². The van der Waals surface area contributed by atoms with Gasteiger partial charge in [-0.05, 0) is 12.1 Å². The van der Waals surface area contributed by atoms with Crippen LogP contribution in [0.25, 0.3) is 0 Å². The van der Waals surface area contributed by atoms with E-state index in [-0.39, 0.29) is 18.1 Å². The summed E-state index contributed by atoms with van der Waals surface area (Å²) in [6, 6.07) is 3.37. The molecule has 2 aromatic rings. The molecule has 0 saturated carbocycles. The zero-order chi connectivity index (χ0) is 14.9. The van der Waals surface area contributed by atoms with Crippen LogP contribution in [0.15, 0.2) is 30.9 Å². The molecule has 1 saturated heterocycles. The summed E-state index contributed by atoms with van der Waals surface area (Å²) >= 11 is 0. The second kappa shape index (κ2) is 5.42.